The van der Waals surface area contributed by atoms with Crippen molar-refractivity contribution in [3.63, 3.8) is 0 Å². The number of hydrogen-bond acceptors (Lipinski definition) is 3. The highest BCUT2D eigenvalue weighted by Crippen LogP contribution is 2.36. The third-order valence-corrected chi connectivity index (χ3v) is 4.74. The van der Waals surface area contributed by atoms with Gasteiger partial charge in [0.1, 0.15) is 5.54 Å². The summed E-state index contributed by atoms with van der Waals surface area (Å²) in [7, 11) is 0. The van der Waals surface area contributed by atoms with E-state index in [9.17, 15) is 9.59 Å². The monoisotopic (exact) mass is 307 g/mol. The zero-order valence-electron chi connectivity index (χ0n) is 11.7. The van der Waals surface area contributed by atoms with E-state index in [1.807, 2.05) is 12.1 Å². The Labute approximate surface area is 128 Å². The van der Waals surface area contributed by atoms with Crippen LogP contribution in [-0.2, 0) is 17.9 Å². The molecule has 6 heteroatoms. The molecule has 0 bridgehead atoms. The number of carbonyl (C=O) groups is 2. The number of hydrogen-bond donors (Lipinski definition) is 2. The van der Waals surface area contributed by atoms with Crippen molar-refractivity contribution in [2.45, 2.75) is 44.3 Å². The maximum atomic E-state index is 12.6. The summed E-state index contributed by atoms with van der Waals surface area (Å²) in [6.45, 7) is 0.613. The van der Waals surface area contributed by atoms with Gasteiger partial charge in [-0.25, -0.2) is 4.79 Å². The number of urea groups is 1. The largest absolute Gasteiger partial charge is 0.326 e. The molecule has 1 aliphatic heterocycles. The lowest BCUT2D eigenvalue weighted by Crippen LogP contribution is -2.44. The van der Waals surface area contributed by atoms with Gasteiger partial charge in [0.15, 0.2) is 0 Å². The van der Waals surface area contributed by atoms with Crippen LogP contribution in [0.15, 0.2) is 18.2 Å². The summed E-state index contributed by atoms with van der Waals surface area (Å²) in [4.78, 5) is 25.9. The van der Waals surface area contributed by atoms with Gasteiger partial charge in [-0.3, -0.25) is 9.69 Å². The normalized spacial score (nSPS) is 20.4. The number of halogens is 1. The summed E-state index contributed by atoms with van der Waals surface area (Å²) in [6.07, 6.45) is 3.42. The molecule has 1 aromatic rings. The van der Waals surface area contributed by atoms with E-state index in [0.29, 0.717) is 11.6 Å². The molecule has 112 valence electrons. The number of amides is 3. The van der Waals surface area contributed by atoms with E-state index in [2.05, 4.69) is 5.32 Å². The molecule has 1 heterocycles. The Morgan fingerprint density at radius 1 is 1.29 bits per heavy atom. The summed E-state index contributed by atoms with van der Waals surface area (Å²) in [5, 5.41) is 3.40. The molecule has 1 saturated heterocycles. The van der Waals surface area contributed by atoms with Crippen LogP contribution >= 0.6 is 11.6 Å². The second-order valence-electron chi connectivity index (χ2n) is 5.74. The van der Waals surface area contributed by atoms with Gasteiger partial charge in [0, 0.05) is 11.6 Å². The Kier molecular flexibility index (Phi) is 3.63. The minimum Gasteiger partial charge on any atom is -0.326 e. The van der Waals surface area contributed by atoms with Gasteiger partial charge in [-0.05, 0) is 30.0 Å². The third-order valence-electron chi connectivity index (χ3n) is 4.38. The molecule has 3 rings (SSSR count). The first-order chi connectivity index (χ1) is 10.1. The first-order valence-corrected chi connectivity index (χ1v) is 7.55. The lowest BCUT2D eigenvalue weighted by atomic mass is 9.98. The standard InChI is InChI=1S/C15H18ClN3O2/c16-12-7-10(8-17)3-4-11(12)9-19-13(20)15(18-14(19)21)5-1-2-6-15/h3-4,7H,1-2,5-6,8-9,17H2,(H,18,21). The molecule has 1 spiro atoms. The number of nitrogens with zero attached hydrogens (tertiary/aromatic N) is 1. The number of carbonyl (C=O) groups excluding carboxylic acids is 2. The minimum atomic E-state index is -0.666. The molecule has 1 aliphatic carbocycles. The quantitative estimate of drug-likeness (QED) is 0.840. The Morgan fingerprint density at radius 2 is 2.00 bits per heavy atom. The predicted molar refractivity (Wildman–Crippen MR) is 79.6 cm³/mol. The van der Waals surface area contributed by atoms with E-state index < -0.39 is 5.54 Å². The molecule has 3 amide bonds. The van der Waals surface area contributed by atoms with Crippen LogP contribution in [0.1, 0.15) is 36.8 Å². The molecule has 0 aromatic heterocycles. The molecule has 1 saturated carbocycles. The first kappa shape index (κ1) is 14.4. The number of nitrogens with two attached hydrogens (primary N) is 1. The summed E-state index contributed by atoms with van der Waals surface area (Å²) in [5.41, 5.74) is 6.58. The predicted octanol–water partition coefficient (Wildman–Crippen LogP) is 2.16. The minimum absolute atomic E-state index is 0.121. The molecule has 1 aromatic carbocycles. The summed E-state index contributed by atoms with van der Waals surface area (Å²) >= 11 is 6.21. The average molecular weight is 308 g/mol. The van der Waals surface area contributed by atoms with Crippen molar-refractivity contribution in [1.29, 1.82) is 0 Å². The van der Waals surface area contributed by atoms with Crippen LogP contribution in [0, 0.1) is 0 Å². The lowest BCUT2D eigenvalue weighted by Gasteiger charge is -2.20. The van der Waals surface area contributed by atoms with Crippen molar-refractivity contribution in [3.8, 4) is 0 Å². The van der Waals surface area contributed by atoms with Crippen LogP contribution in [0.2, 0.25) is 5.02 Å². The molecule has 5 nitrogen and oxygen atoms in total. The Morgan fingerprint density at radius 3 is 2.62 bits per heavy atom. The fourth-order valence-electron chi connectivity index (χ4n) is 3.15. The Bertz CT molecular complexity index is 597. The fourth-order valence-corrected chi connectivity index (χ4v) is 3.42. The summed E-state index contributed by atoms with van der Waals surface area (Å²) in [6, 6.07) is 5.15. The molecule has 0 unspecified atom stereocenters. The molecule has 2 aliphatic rings. The highest BCUT2D eigenvalue weighted by molar-refractivity contribution is 6.31. The summed E-state index contributed by atoms with van der Waals surface area (Å²) in [5.74, 6) is -0.121. The van der Waals surface area contributed by atoms with Crippen LogP contribution in [0.5, 0.6) is 0 Å². The average Bonchev–Trinajstić information content (AvgIpc) is 3.02. The molecule has 2 fully saturated rings. The molecule has 21 heavy (non-hydrogen) atoms. The second-order valence-corrected chi connectivity index (χ2v) is 6.15. The third kappa shape index (κ3) is 2.40. The van der Waals surface area contributed by atoms with E-state index in [1.54, 1.807) is 6.07 Å². The van der Waals surface area contributed by atoms with Crippen molar-refractivity contribution in [2.75, 3.05) is 0 Å². The topological polar surface area (TPSA) is 75.4 Å². The molecule has 3 N–H and O–H groups in total. The number of imide groups is 1. The maximum absolute atomic E-state index is 12.6. The van der Waals surface area contributed by atoms with Crippen molar-refractivity contribution in [3.05, 3.63) is 34.3 Å². The van der Waals surface area contributed by atoms with Gasteiger partial charge in [0.25, 0.3) is 5.91 Å². The molecule has 0 radical (unpaired) electrons. The SMILES string of the molecule is NCc1ccc(CN2C(=O)NC3(CCCC3)C2=O)c(Cl)c1. The Hall–Kier alpha value is -1.59. The van der Waals surface area contributed by atoms with Crippen LogP contribution < -0.4 is 11.1 Å². The summed E-state index contributed by atoms with van der Waals surface area (Å²) < 4.78 is 0. The van der Waals surface area contributed by atoms with E-state index in [4.69, 9.17) is 17.3 Å². The van der Waals surface area contributed by atoms with E-state index >= 15 is 0 Å². The smallest absolute Gasteiger partial charge is 0.325 e. The van der Waals surface area contributed by atoms with Gasteiger partial charge in [-0.1, -0.05) is 36.6 Å². The van der Waals surface area contributed by atoms with Crippen LogP contribution in [0.4, 0.5) is 4.79 Å². The fraction of sp³-hybridized carbons (Fsp3) is 0.467. The number of rotatable bonds is 3. The zero-order valence-corrected chi connectivity index (χ0v) is 12.4. The van der Waals surface area contributed by atoms with Crippen molar-refractivity contribution < 1.29 is 9.59 Å². The van der Waals surface area contributed by atoms with Crippen LogP contribution in [0.3, 0.4) is 0 Å². The van der Waals surface area contributed by atoms with Gasteiger partial charge in [-0.15, -0.1) is 0 Å². The van der Waals surface area contributed by atoms with Crippen molar-refractivity contribution >= 4 is 23.5 Å². The lowest BCUT2D eigenvalue weighted by molar-refractivity contribution is -0.131. The maximum Gasteiger partial charge on any atom is 0.325 e. The van der Waals surface area contributed by atoms with E-state index in [1.165, 1.54) is 4.90 Å². The molecule has 0 atom stereocenters. The van der Waals surface area contributed by atoms with Gasteiger partial charge in [-0.2, -0.15) is 0 Å². The molecular formula is C15H18ClN3O2. The van der Waals surface area contributed by atoms with E-state index in [-0.39, 0.29) is 18.5 Å². The van der Waals surface area contributed by atoms with Crippen molar-refractivity contribution in [1.82, 2.24) is 10.2 Å². The van der Waals surface area contributed by atoms with Crippen LogP contribution in [-0.4, -0.2) is 22.4 Å². The second kappa shape index (κ2) is 5.31. The first-order valence-electron chi connectivity index (χ1n) is 7.17. The number of benzene rings is 1. The highest BCUT2D eigenvalue weighted by Gasteiger charge is 2.52. The van der Waals surface area contributed by atoms with Gasteiger partial charge >= 0.3 is 6.03 Å². The molecular weight excluding hydrogens is 290 g/mol. The van der Waals surface area contributed by atoms with Crippen LogP contribution in [0.25, 0.3) is 0 Å². The Balaban J connectivity index is 1.82. The van der Waals surface area contributed by atoms with Gasteiger partial charge in [0.05, 0.1) is 6.54 Å². The highest BCUT2D eigenvalue weighted by atomic mass is 35.5. The number of nitrogens with one attached hydrogen (secondary N) is 1. The van der Waals surface area contributed by atoms with Crippen molar-refractivity contribution in [2.24, 2.45) is 5.73 Å². The van der Waals surface area contributed by atoms with Gasteiger partial charge in [0.2, 0.25) is 0 Å². The van der Waals surface area contributed by atoms with E-state index in [0.717, 1.165) is 36.8 Å². The zero-order chi connectivity index (χ0) is 15.0. The van der Waals surface area contributed by atoms with Gasteiger partial charge < -0.3 is 11.1 Å².